The number of oxime groups is 3. The van der Waals surface area contributed by atoms with Crippen molar-refractivity contribution in [3.05, 3.63) is 35.4 Å². The summed E-state index contributed by atoms with van der Waals surface area (Å²) in [6.07, 6.45) is 5.78. The topological polar surface area (TPSA) is 91.1 Å². The van der Waals surface area contributed by atoms with Crippen molar-refractivity contribution in [1.29, 1.82) is 0 Å². The van der Waals surface area contributed by atoms with Crippen molar-refractivity contribution in [1.82, 2.24) is 0 Å². The summed E-state index contributed by atoms with van der Waals surface area (Å²) in [4.78, 5) is 27.5. The van der Waals surface area contributed by atoms with Gasteiger partial charge in [0.25, 0.3) is 0 Å². The summed E-state index contributed by atoms with van der Waals surface area (Å²) in [5.74, 6) is -0.256. The van der Waals surface area contributed by atoms with Crippen molar-refractivity contribution >= 4 is 23.1 Å². The van der Waals surface area contributed by atoms with E-state index in [4.69, 9.17) is 19.2 Å². The first-order valence-corrected chi connectivity index (χ1v) is 10.7. The Morgan fingerprint density at radius 3 is 2.23 bits per heavy atom. The third-order valence-electron chi connectivity index (χ3n) is 4.81. The number of rotatable bonds is 9. The highest BCUT2D eigenvalue weighted by Crippen LogP contribution is 2.25. The SMILES string of the molecule is CC.CO/N=C(\C(=O)OC)c1ccccc1CO/N=C(C)\C(=N/OC)C1CCCCC1. The second-order valence-electron chi connectivity index (χ2n) is 6.72. The van der Waals surface area contributed by atoms with Gasteiger partial charge in [0.2, 0.25) is 0 Å². The zero-order valence-corrected chi connectivity index (χ0v) is 19.5. The van der Waals surface area contributed by atoms with Crippen LogP contribution in [0, 0.1) is 5.92 Å². The summed E-state index contributed by atoms with van der Waals surface area (Å²) >= 11 is 0. The number of hydrogen-bond donors (Lipinski definition) is 0. The normalized spacial score (nSPS) is 15.5. The van der Waals surface area contributed by atoms with E-state index in [-0.39, 0.29) is 12.3 Å². The van der Waals surface area contributed by atoms with E-state index < -0.39 is 5.97 Å². The van der Waals surface area contributed by atoms with Crippen molar-refractivity contribution in [3.8, 4) is 0 Å². The number of carbonyl (C=O) groups is 1. The fourth-order valence-electron chi connectivity index (χ4n) is 3.42. The van der Waals surface area contributed by atoms with Gasteiger partial charge in [-0.3, -0.25) is 0 Å². The van der Waals surface area contributed by atoms with Gasteiger partial charge in [-0.15, -0.1) is 0 Å². The van der Waals surface area contributed by atoms with Crippen LogP contribution < -0.4 is 0 Å². The summed E-state index contributed by atoms with van der Waals surface area (Å²) < 4.78 is 4.79. The van der Waals surface area contributed by atoms with Crippen LogP contribution in [-0.2, 0) is 30.7 Å². The van der Waals surface area contributed by atoms with Crippen LogP contribution in [0.5, 0.6) is 0 Å². The molecule has 0 spiro atoms. The van der Waals surface area contributed by atoms with E-state index in [1.165, 1.54) is 40.6 Å². The highest BCUT2D eigenvalue weighted by molar-refractivity contribution is 6.43. The maximum Gasteiger partial charge on any atom is 0.360 e. The van der Waals surface area contributed by atoms with Crippen LogP contribution in [0.15, 0.2) is 39.7 Å². The molecule has 0 N–H and O–H groups in total. The highest BCUT2D eigenvalue weighted by atomic mass is 16.6. The van der Waals surface area contributed by atoms with Crippen molar-refractivity contribution in [3.63, 3.8) is 0 Å². The largest absolute Gasteiger partial charge is 0.464 e. The zero-order chi connectivity index (χ0) is 23.1. The lowest BCUT2D eigenvalue weighted by Gasteiger charge is -2.22. The zero-order valence-electron chi connectivity index (χ0n) is 19.5. The predicted octanol–water partition coefficient (Wildman–Crippen LogP) is 4.71. The molecule has 0 aromatic heterocycles. The maximum atomic E-state index is 12.0. The molecule has 1 aliphatic carbocycles. The minimum atomic E-state index is -0.592. The first kappa shape index (κ1) is 26.1. The van der Waals surface area contributed by atoms with Crippen LogP contribution in [0.3, 0.4) is 0 Å². The van der Waals surface area contributed by atoms with Gasteiger partial charge in [0, 0.05) is 17.0 Å². The highest BCUT2D eigenvalue weighted by Gasteiger charge is 2.23. The molecule has 0 amide bonds. The summed E-state index contributed by atoms with van der Waals surface area (Å²) in [5.41, 5.74) is 2.88. The molecular weight excluding hydrogens is 398 g/mol. The second-order valence-corrected chi connectivity index (χ2v) is 6.72. The maximum absolute atomic E-state index is 12.0. The first-order chi connectivity index (χ1) is 15.1. The number of ether oxygens (including phenoxy) is 1. The van der Waals surface area contributed by atoms with Gasteiger partial charge in [0.05, 0.1) is 7.11 Å². The lowest BCUT2D eigenvalue weighted by Crippen LogP contribution is -2.25. The van der Waals surface area contributed by atoms with Crippen molar-refractivity contribution in [2.45, 2.75) is 59.5 Å². The van der Waals surface area contributed by atoms with Crippen LogP contribution in [0.4, 0.5) is 0 Å². The van der Waals surface area contributed by atoms with Gasteiger partial charge in [-0.25, -0.2) is 4.79 Å². The fraction of sp³-hybridized carbons (Fsp3) is 0.565. The van der Waals surface area contributed by atoms with Crippen LogP contribution >= 0.6 is 0 Å². The molecule has 31 heavy (non-hydrogen) atoms. The molecule has 1 saturated carbocycles. The molecule has 2 rings (SSSR count). The third kappa shape index (κ3) is 8.03. The fourth-order valence-corrected chi connectivity index (χ4v) is 3.42. The predicted molar refractivity (Wildman–Crippen MR) is 122 cm³/mol. The quantitative estimate of drug-likeness (QED) is 0.319. The van der Waals surface area contributed by atoms with E-state index in [0.717, 1.165) is 24.1 Å². The average molecular weight is 434 g/mol. The van der Waals surface area contributed by atoms with Gasteiger partial charge in [-0.2, -0.15) is 0 Å². The van der Waals surface area contributed by atoms with Crippen molar-refractivity contribution in [2.24, 2.45) is 21.4 Å². The van der Waals surface area contributed by atoms with Crippen LogP contribution in [0.1, 0.15) is 64.0 Å². The van der Waals surface area contributed by atoms with E-state index in [1.54, 1.807) is 12.1 Å². The molecule has 1 aliphatic rings. The summed E-state index contributed by atoms with van der Waals surface area (Å²) in [5, 5.41) is 12.2. The Bertz CT molecular complexity index is 768. The number of nitrogens with zero attached hydrogens (tertiary/aromatic N) is 3. The minimum Gasteiger partial charge on any atom is -0.464 e. The molecule has 0 atom stereocenters. The molecule has 0 heterocycles. The van der Waals surface area contributed by atoms with Gasteiger partial charge in [0.15, 0.2) is 5.71 Å². The van der Waals surface area contributed by atoms with E-state index in [2.05, 4.69) is 15.5 Å². The third-order valence-corrected chi connectivity index (χ3v) is 4.81. The van der Waals surface area contributed by atoms with Crippen molar-refractivity contribution in [2.75, 3.05) is 21.3 Å². The Hall–Kier alpha value is -2.90. The number of hydrogen-bond acceptors (Lipinski definition) is 8. The molecule has 1 aromatic carbocycles. The summed E-state index contributed by atoms with van der Waals surface area (Å²) in [6.45, 7) is 6.02. The Kier molecular flexibility index (Phi) is 12.6. The monoisotopic (exact) mass is 433 g/mol. The van der Waals surface area contributed by atoms with Gasteiger partial charge in [-0.1, -0.05) is 72.8 Å². The smallest absolute Gasteiger partial charge is 0.360 e. The average Bonchev–Trinajstić information content (AvgIpc) is 2.82. The molecular formula is C23H35N3O5. The molecule has 0 aliphatic heterocycles. The Labute approximate surface area is 185 Å². The van der Waals surface area contributed by atoms with E-state index in [0.29, 0.717) is 17.2 Å². The number of methoxy groups -OCH3 is 1. The van der Waals surface area contributed by atoms with Crippen LogP contribution in [0.2, 0.25) is 0 Å². The van der Waals surface area contributed by atoms with Crippen LogP contribution in [-0.4, -0.2) is 44.4 Å². The molecule has 0 saturated heterocycles. The van der Waals surface area contributed by atoms with Gasteiger partial charge in [-0.05, 0) is 19.8 Å². The summed E-state index contributed by atoms with van der Waals surface area (Å²) in [6, 6.07) is 7.23. The van der Waals surface area contributed by atoms with Gasteiger partial charge >= 0.3 is 5.97 Å². The van der Waals surface area contributed by atoms with E-state index in [1.807, 2.05) is 32.9 Å². The Morgan fingerprint density at radius 2 is 1.61 bits per heavy atom. The van der Waals surface area contributed by atoms with E-state index in [9.17, 15) is 4.79 Å². The lowest BCUT2D eigenvalue weighted by atomic mass is 9.84. The number of benzene rings is 1. The molecule has 8 heteroatoms. The van der Waals surface area contributed by atoms with Gasteiger partial charge < -0.3 is 19.2 Å². The van der Waals surface area contributed by atoms with E-state index >= 15 is 0 Å². The first-order valence-electron chi connectivity index (χ1n) is 10.7. The summed E-state index contributed by atoms with van der Waals surface area (Å²) in [7, 11) is 4.20. The van der Waals surface area contributed by atoms with Gasteiger partial charge in [0.1, 0.15) is 32.2 Å². The molecule has 172 valence electrons. The number of carbonyl (C=O) groups excluding carboxylic acids is 1. The van der Waals surface area contributed by atoms with Crippen molar-refractivity contribution < 1.29 is 24.0 Å². The molecule has 8 nitrogen and oxygen atoms in total. The van der Waals surface area contributed by atoms with Crippen LogP contribution in [0.25, 0.3) is 0 Å². The lowest BCUT2D eigenvalue weighted by molar-refractivity contribution is -0.132. The molecule has 0 unspecified atom stereocenters. The standard InChI is InChI=1S/C21H29N3O5.C2H6/c1-15(19(23-27-3)16-10-6-5-7-11-16)22-29-14-17-12-8-9-13-18(17)20(24-28-4)21(25)26-2;1-2/h8-9,12-13,16H,5-7,10-11,14H2,1-4H3;1-2H3/b22-15-,23-19+,24-20-;. The molecule has 0 bridgehead atoms. The Balaban J connectivity index is 0.00000233. The number of esters is 1. The molecule has 0 radical (unpaired) electrons. The molecule has 1 fully saturated rings. The minimum absolute atomic E-state index is 0.0683. The second kappa shape index (κ2) is 15.0. The molecule has 1 aromatic rings. The Morgan fingerprint density at radius 1 is 0.968 bits per heavy atom.